The molecule has 1 N–H and O–H groups in total. The molecule has 0 spiro atoms. The van der Waals surface area contributed by atoms with Gasteiger partial charge in [0.1, 0.15) is 11.3 Å². The fourth-order valence-corrected chi connectivity index (χ4v) is 1.87. The highest BCUT2D eigenvalue weighted by Crippen LogP contribution is 2.23. The van der Waals surface area contributed by atoms with E-state index >= 15 is 0 Å². The van der Waals surface area contributed by atoms with E-state index in [1.165, 1.54) is 7.11 Å². The van der Waals surface area contributed by atoms with Gasteiger partial charge in [-0.15, -0.1) is 0 Å². The predicted molar refractivity (Wildman–Crippen MR) is 57.1 cm³/mol. The first kappa shape index (κ1) is 12.1. The van der Waals surface area contributed by atoms with Gasteiger partial charge in [-0.1, -0.05) is 11.3 Å². The Labute approximate surface area is 95.9 Å². The molecule has 1 heterocycles. The van der Waals surface area contributed by atoms with E-state index in [0.717, 1.165) is 11.3 Å². The maximum Gasteiger partial charge on any atom is 0.350 e. The molecule has 16 heavy (non-hydrogen) atoms. The molecule has 0 saturated heterocycles. The predicted octanol–water partition coefficient (Wildman–Crippen LogP) is 1.09. The Morgan fingerprint density at radius 3 is 2.88 bits per heavy atom. The largest absolute Gasteiger partial charge is 0.465 e. The molecule has 1 aromatic heterocycles. The van der Waals surface area contributed by atoms with Crippen LogP contribution in [0.1, 0.15) is 21.8 Å². The Bertz CT molecular complexity index is 461. The van der Waals surface area contributed by atoms with Crippen LogP contribution in [-0.2, 0) is 9.53 Å². The van der Waals surface area contributed by atoms with Gasteiger partial charge in [-0.05, 0) is 6.92 Å². The Morgan fingerprint density at radius 2 is 2.31 bits per heavy atom. The number of esters is 1. The maximum absolute atomic E-state index is 11.2. The van der Waals surface area contributed by atoms with Crippen molar-refractivity contribution in [2.45, 2.75) is 13.3 Å². The van der Waals surface area contributed by atoms with Gasteiger partial charge in [0.15, 0.2) is 5.13 Å². The lowest BCUT2D eigenvalue weighted by atomic mass is 10.4. The fourth-order valence-electron chi connectivity index (χ4n) is 0.967. The number of hydrogen-bond donors (Lipinski definition) is 1. The molecule has 0 aromatic carbocycles. The number of ether oxygens (including phenoxy) is 1. The molecule has 0 radical (unpaired) electrons. The Balaban J connectivity index is 2.81. The topological polar surface area (TPSA) is 92.1 Å². The van der Waals surface area contributed by atoms with Crippen molar-refractivity contribution in [3.63, 3.8) is 0 Å². The van der Waals surface area contributed by atoms with Gasteiger partial charge in [0.05, 0.1) is 18.9 Å². The summed E-state index contributed by atoms with van der Waals surface area (Å²) in [6, 6.07) is 1.72. The zero-order chi connectivity index (χ0) is 12.1. The zero-order valence-corrected chi connectivity index (χ0v) is 9.55. The SMILES string of the molecule is COC(=O)c1sc(NC(=O)CC#N)nc1C. The van der Waals surface area contributed by atoms with Gasteiger partial charge in [0.2, 0.25) is 5.91 Å². The summed E-state index contributed by atoms with van der Waals surface area (Å²) >= 11 is 1.02. The summed E-state index contributed by atoms with van der Waals surface area (Å²) in [7, 11) is 1.27. The van der Waals surface area contributed by atoms with Crippen LogP contribution in [0.5, 0.6) is 0 Å². The van der Waals surface area contributed by atoms with Crippen molar-refractivity contribution in [2.24, 2.45) is 0 Å². The molecule has 0 aliphatic heterocycles. The van der Waals surface area contributed by atoms with E-state index in [1.54, 1.807) is 13.0 Å². The van der Waals surface area contributed by atoms with Crippen LogP contribution < -0.4 is 5.32 Å². The summed E-state index contributed by atoms with van der Waals surface area (Å²) in [5.41, 5.74) is 0.490. The monoisotopic (exact) mass is 239 g/mol. The lowest BCUT2D eigenvalue weighted by molar-refractivity contribution is -0.115. The molecule has 0 saturated carbocycles. The van der Waals surface area contributed by atoms with Crippen molar-refractivity contribution < 1.29 is 14.3 Å². The van der Waals surface area contributed by atoms with Crippen molar-refractivity contribution >= 4 is 28.3 Å². The van der Waals surface area contributed by atoms with Gasteiger partial charge < -0.3 is 10.1 Å². The number of nitrogens with one attached hydrogen (secondary N) is 1. The Morgan fingerprint density at radius 1 is 1.62 bits per heavy atom. The third-order valence-electron chi connectivity index (χ3n) is 1.65. The number of hydrogen-bond acceptors (Lipinski definition) is 6. The highest BCUT2D eigenvalue weighted by Gasteiger charge is 2.16. The lowest BCUT2D eigenvalue weighted by Gasteiger charge is -1.94. The molecule has 1 aromatic rings. The van der Waals surface area contributed by atoms with E-state index in [4.69, 9.17) is 5.26 Å². The van der Waals surface area contributed by atoms with Crippen LogP contribution in [0.15, 0.2) is 0 Å². The van der Waals surface area contributed by atoms with Crippen molar-refractivity contribution in [2.75, 3.05) is 12.4 Å². The van der Waals surface area contributed by atoms with E-state index in [2.05, 4.69) is 15.0 Å². The minimum atomic E-state index is -0.490. The molecule has 84 valence electrons. The number of anilines is 1. The molecule has 1 amide bonds. The summed E-state index contributed by atoms with van der Waals surface area (Å²) in [6.07, 6.45) is -0.244. The molecule has 7 heteroatoms. The van der Waals surface area contributed by atoms with Crippen LogP contribution in [0.2, 0.25) is 0 Å². The van der Waals surface area contributed by atoms with E-state index in [1.807, 2.05) is 0 Å². The summed E-state index contributed by atoms with van der Waals surface area (Å²) in [4.78, 5) is 26.7. The number of amides is 1. The maximum atomic E-state index is 11.2. The second-order valence-electron chi connectivity index (χ2n) is 2.81. The first-order valence-corrected chi connectivity index (χ1v) is 5.12. The number of thiazole rings is 1. The molecule has 0 fully saturated rings. The standard InChI is InChI=1S/C9H9N3O3S/c1-5-7(8(14)15-2)16-9(11-5)12-6(13)3-4-10/h3H2,1-2H3,(H,11,12,13). The number of rotatable bonds is 3. The average molecular weight is 239 g/mol. The quantitative estimate of drug-likeness (QED) is 0.797. The number of aromatic nitrogens is 1. The molecule has 0 unspecified atom stereocenters. The number of carbonyl (C=O) groups excluding carboxylic acids is 2. The van der Waals surface area contributed by atoms with Gasteiger partial charge in [-0.25, -0.2) is 9.78 Å². The van der Waals surface area contributed by atoms with Crippen molar-refractivity contribution in [1.82, 2.24) is 4.98 Å². The third kappa shape index (κ3) is 2.77. The Kier molecular flexibility index (Phi) is 3.96. The number of aryl methyl sites for hydroxylation is 1. The van der Waals surface area contributed by atoms with Gasteiger partial charge in [0, 0.05) is 0 Å². The number of nitrogens with zero attached hydrogens (tertiary/aromatic N) is 2. The summed E-state index contributed by atoms with van der Waals surface area (Å²) in [6.45, 7) is 1.64. The van der Waals surface area contributed by atoms with Crippen molar-refractivity contribution in [3.8, 4) is 6.07 Å². The summed E-state index contributed by atoms with van der Waals surface area (Å²) in [5.74, 6) is -0.941. The van der Waals surface area contributed by atoms with Gasteiger partial charge in [-0.3, -0.25) is 4.79 Å². The Hall–Kier alpha value is -1.94. The van der Waals surface area contributed by atoms with Gasteiger partial charge >= 0.3 is 5.97 Å². The molecule has 1 rings (SSSR count). The fraction of sp³-hybridized carbons (Fsp3) is 0.333. The first-order chi connectivity index (χ1) is 7.58. The molecule has 0 bridgehead atoms. The molecular formula is C9H9N3O3S. The van der Waals surface area contributed by atoms with Gasteiger partial charge in [-0.2, -0.15) is 5.26 Å². The minimum Gasteiger partial charge on any atom is -0.465 e. The number of methoxy groups -OCH3 is 1. The molecule has 6 nitrogen and oxygen atoms in total. The lowest BCUT2D eigenvalue weighted by Crippen LogP contribution is -2.09. The minimum absolute atomic E-state index is 0.244. The smallest absolute Gasteiger partial charge is 0.350 e. The summed E-state index contributed by atoms with van der Waals surface area (Å²) < 4.78 is 4.55. The highest BCUT2D eigenvalue weighted by atomic mass is 32.1. The van der Waals surface area contributed by atoms with E-state index < -0.39 is 11.9 Å². The van der Waals surface area contributed by atoms with Crippen LogP contribution in [0.4, 0.5) is 5.13 Å². The van der Waals surface area contributed by atoms with Gasteiger partial charge in [0.25, 0.3) is 0 Å². The average Bonchev–Trinajstić information content (AvgIpc) is 2.58. The van der Waals surface area contributed by atoms with E-state index in [-0.39, 0.29) is 11.6 Å². The second-order valence-corrected chi connectivity index (χ2v) is 3.81. The van der Waals surface area contributed by atoms with Crippen LogP contribution in [0.25, 0.3) is 0 Å². The zero-order valence-electron chi connectivity index (χ0n) is 8.73. The van der Waals surface area contributed by atoms with Crippen molar-refractivity contribution in [1.29, 1.82) is 5.26 Å². The van der Waals surface area contributed by atoms with E-state index in [0.29, 0.717) is 10.6 Å². The molecule has 0 aliphatic carbocycles. The van der Waals surface area contributed by atoms with Crippen LogP contribution in [-0.4, -0.2) is 24.0 Å². The number of carbonyl (C=O) groups is 2. The second kappa shape index (κ2) is 5.23. The highest BCUT2D eigenvalue weighted by molar-refractivity contribution is 7.17. The normalized spacial score (nSPS) is 9.31. The van der Waals surface area contributed by atoms with E-state index in [9.17, 15) is 9.59 Å². The number of nitriles is 1. The molecule has 0 atom stereocenters. The van der Waals surface area contributed by atoms with Crippen LogP contribution in [0, 0.1) is 18.3 Å². The molecule has 0 aliphatic rings. The van der Waals surface area contributed by atoms with Crippen LogP contribution >= 0.6 is 11.3 Å². The van der Waals surface area contributed by atoms with Crippen LogP contribution in [0.3, 0.4) is 0 Å². The third-order valence-corrected chi connectivity index (χ3v) is 2.71. The van der Waals surface area contributed by atoms with Crippen molar-refractivity contribution in [3.05, 3.63) is 10.6 Å². The first-order valence-electron chi connectivity index (χ1n) is 4.31. The summed E-state index contributed by atoms with van der Waals surface area (Å²) in [5, 5.41) is 11.0. The molecular weight excluding hydrogens is 230 g/mol.